The van der Waals surface area contributed by atoms with Crippen LogP contribution in [0.5, 0.6) is 0 Å². The number of carbonyl (C=O) groups excluding carboxylic acids is 2. The predicted molar refractivity (Wildman–Crippen MR) is 62.9 cm³/mol. The largest absolute Gasteiger partial charge is 0.298 e. The molecule has 2 aliphatic carbocycles. The van der Waals surface area contributed by atoms with Crippen molar-refractivity contribution in [3.8, 4) is 0 Å². The highest BCUT2D eigenvalue weighted by Crippen LogP contribution is 2.54. The highest BCUT2D eigenvalue weighted by atomic mass is 16.2. The molecule has 0 bridgehead atoms. The van der Waals surface area contributed by atoms with Gasteiger partial charge in [-0.3, -0.25) is 14.5 Å². The van der Waals surface area contributed by atoms with Gasteiger partial charge in [0.05, 0.1) is 5.69 Å². The number of rotatable bonds is 1. The van der Waals surface area contributed by atoms with Crippen molar-refractivity contribution in [1.82, 2.24) is 0 Å². The third-order valence-electron chi connectivity index (χ3n) is 4.11. The molecule has 4 rings (SSSR count). The molecule has 1 heterocycles. The van der Waals surface area contributed by atoms with Gasteiger partial charge in [-0.25, -0.2) is 0 Å². The van der Waals surface area contributed by atoms with E-state index in [2.05, 4.69) is 0 Å². The van der Waals surface area contributed by atoms with Gasteiger partial charge in [-0.1, -0.05) is 12.1 Å². The van der Waals surface area contributed by atoms with Crippen molar-refractivity contribution in [2.45, 2.75) is 31.2 Å². The minimum atomic E-state index is -0.483. The van der Waals surface area contributed by atoms with Crippen LogP contribution in [0.15, 0.2) is 24.3 Å². The number of para-hydroxylation sites is 1. The third kappa shape index (κ3) is 1.07. The molecular weight excluding hydrogens is 214 g/mol. The maximum Gasteiger partial charge on any atom is 0.231 e. The molecule has 0 saturated heterocycles. The van der Waals surface area contributed by atoms with Crippen LogP contribution in [-0.4, -0.2) is 17.2 Å². The van der Waals surface area contributed by atoms with Crippen molar-refractivity contribution in [1.29, 1.82) is 0 Å². The van der Waals surface area contributed by atoms with Crippen LogP contribution < -0.4 is 4.90 Å². The first kappa shape index (κ1) is 9.40. The number of hydrogen-bond donors (Lipinski definition) is 0. The van der Waals surface area contributed by atoms with E-state index in [9.17, 15) is 9.59 Å². The maximum atomic E-state index is 12.3. The van der Waals surface area contributed by atoms with Crippen molar-refractivity contribution in [3.63, 3.8) is 0 Å². The summed E-state index contributed by atoms with van der Waals surface area (Å²) in [5.74, 6) is 0.495. The van der Waals surface area contributed by atoms with E-state index >= 15 is 0 Å². The quantitative estimate of drug-likeness (QED) is 0.737. The van der Waals surface area contributed by atoms with E-state index in [4.69, 9.17) is 0 Å². The number of hydrogen-bond acceptors (Lipinski definition) is 2. The van der Waals surface area contributed by atoms with Crippen molar-refractivity contribution >= 4 is 17.4 Å². The molecule has 3 nitrogen and oxygen atoms in total. The molecule has 86 valence electrons. The number of amides is 1. The predicted octanol–water partition coefficient (Wildman–Crippen LogP) is 2.16. The molecule has 0 radical (unpaired) electrons. The first-order chi connectivity index (χ1) is 8.24. The number of carbonyl (C=O) groups is 2. The lowest BCUT2D eigenvalue weighted by Crippen LogP contribution is -2.43. The fourth-order valence-electron chi connectivity index (χ4n) is 2.86. The van der Waals surface area contributed by atoms with Crippen LogP contribution in [0.3, 0.4) is 0 Å². The summed E-state index contributed by atoms with van der Waals surface area (Å²) in [6.07, 6.45) is 3.64. The van der Waals surface area contributed by atoms with Gasteiger partial charge in [0.1, 0.15) is 5.54 Å². The fourth-order valence-corrected chi connectivity index (χ4v) is 2.86. The summed E-state index contributed by atoms with van der Waals surface area (Å²) in [6.45, 7) is 0. The van der Waals surface area contributed by atoms with Crippen molar-refractivity contribution in [3.05, 3.63) is 29.8 Å². The Morgan fingerprint density at radius 2 is 1.94 bits per heavy atom. The number of Topliss-reactive ketones (excluding diaryl/α,β-unsaturated/α-hetero) is 1. The van der Waals surface area contributed by atoms with E-state index in [0.29, 0.717) is 0 Å². The van der Waals surface area contributed by atoms with Gasteiger partial charge in [0, 0.05) is 11.5 Å². The Morgan fingerprint density at radius 3 is 2.59 bits per heavy atom. The Bertz CT molecular complexity index is 541. The lowest BCUT2D eigenvalue weighted by molar-refractivity contribution is -0.120. The van der Waals surface area contributed by atoms with Crippen molar-refractivity contribution in [2.75, 3.05) is 4.90 Å². The van der Waals surface area contributed by atoms with Crippen LogP contribution in [-0.2, 0) is 4.79 Å². The highest BCUT2D eigenvalue weighted by molar-refractivity contribution is 6.22. The second kappa shape index (κ2) is 2.78. The van der Waals surface area contributed by atoms with Crippen LogP contribution in [0.4, 0.5) is 5.69 Å². The van der Waals surface area contributed by atoms with Crippen LogP contribution in [0.25, 0.3) is 0 Å². The molecule has 1 aliphatic heterocycles. The van der Waals surface area contributed by atoms with Gasteiger partial charge in [-0.05, 0) is 37.8 Å². The van der Waals surface area contributed by atoms with Crippen molar-refractivity contribution < 1.29 is 9.59 Å². The monoisotopic (exact) mass is 227 g/mol. The van der Waals surface area contributed by atoms with Gasteiger partial charge in [0.2, 0.25) is 5.91 Å². The molecule has 1 spiro atoms. The average Bonchev–Trinajstić information content (AvgIpc) is 3.21. The van der Waals surface area contributed by atoms with E-state index in [1.165, 1.54) is 0 Å². The normalized spacial score (nSPS) is 24.0. The van der Waals surface area contributed by atoms with Crippen molar-refractivity contribution in [2.24, 2.45) is 5.92 Å². The number of nitrogens with zero attached hydrogens (tertiary/aromatic N) is 1. The smallest absolute Gasteiger partial charge is 0.231 e. The maximum absolute atomic E-state index is 12.3. The van der Waals surface area contributed by atoms with Gasteiger partial charge in [0.15, 0.2) is 5.78 Å². The molecule has 3 aliphatic rings. The summed E-state index contributed by atoms with van der Waals surface area (Å²) in [5.41, 5.74) is 1.09. The highest BCUT2D eigenvalue weighted by Gasteiger charge is 2.62. The molecule has 3 heteroatoms. The van der Waals surface area contributed by atoms with Crippen LogP contribution in [0, 0.1) is 5.92 Å². The zero-order chi connectivity index (χ0) is 11.6. The van der Waals surface area contributed by atoms with Crippen LogP contribution >= 0.6 is 0 Å². The summed E-state index contributed by atoms with van der Waals surface area (Å²) in [4.78, 5) is 26.5. The second-order valence-corrected chi connectivity index (χ2v) is 5.33. The fraction of sp³-hybridized carbons (Fsp3) is 0.429. The Balaban J connectivity index is 1.87. The van der Waals surface area contributed by atoms with Gasteiger partial charge in [-0.15, -0.1) is 0 Å². The Hall–Kier alpha value is -1.64. The van der Waals surface area contributed by atoms with Gasteiger partial charge >= 0.3 is 0 Å². The molecule has 2 saturated carbocycles. The standard InChI is InChI=1S/C14H13NO2/c16-12-10-3-1-2-4-11(10)15(14(12)7-8-14)13(17)9-5-6-9/h1-4,9H,5-8H2. The number of benzene rings is 1. The number of ketones is 1. The lowest BCUT2D eigenvalue weighted by Gasteiger charge is -2.23. The molecule has 2 fully saturated rings. The van der Waals surface area contributed by atoms with E-state index in [0.717, 1.165) is 36.9 Å². The molecule has 0 atom stereocenters. The van der Waals surface area contributed by atoms with Crippen LogP contribution in [0.2, 0.25) is 0 Å². The van der Waals surface area contributed by atoms with Gasteiger partial charge < -0.3 is 0 Å². The molecule has 17 heavy (non-hydrogen) atoms. The number of fused-ring (bicyclic) bond motifs is 1. The summed E-state index contributed by atoms with van der Waals surface area (Å²) in [6, 6.07) is 7.52. The average molecular weight is 227 g/mol. The summed E-state index contributed by atoms with van der Waals surface area (Å²) in [7, 11) is 0. The molecule has 0 N–H and O–H groups in total. The number of anilines is 1. The Morgan fingerprint density at radius 1 is 1.24 bits per heavy atom. The third-order valence-corrected chi connectivity index (χ3v) is 4.11. The van der Waals surface area contributed by atoms with Gasteiger partial charge in [0.25, 0.3) is 0 Å². The van der Waals surface area contributed by atoms with Crippen LogP contribution in [0.1, 0.15) is 36.0 Å². The lowest BCUT2D eigenvalue weighted by atomic mass is 10.1. The van der Waals surface area contributed by atoms with E-state index in [-0.39, 0.29) is 17.6 Å². The summed E-state index contributed by atoms with van der Waals surface area (Å²) in [5, 5.41) is 0. The molecule has 1 aromatic rings. The topological polar surface area (TPSA) is 37.4 Å². The molecule has 0 unspecified atom stereocenters. The minimum absolute atomic E-state index is 0.155. The van der Waals surface area contributed by atoms with Gasteiger partial charge in [-0.2, -0.15) is 0 Å². The van der Waals surface area contributed by atoms with E-state index in [1.807, 2.05) is 29.2 Å². The molecule has 1 amide bonds. The Labute approximate surface area is 99.4 Å². The first-order valence-electron chi connectivity index (χ1n) is 6.22. The summed E-state index contributed by atoms with van der Waals surface area (Å²) >= 11 is 0. The second-order valence-electron chi connectivity index (χ2n) is 5.33. The van der Waals surface area contributed by atoms with E-state index < -0.39 is 5.54 Å². The molecule has 1 aromatic carbocycles. The SMILES string of the molecule is O=C(C1CC1)N1c2ccccc2C(=O)C12CC2. The molecular formula is C14H13NO2. The minimum Gasteiger partial charge on any atom is -0.298 e. The zero-order valence-corrected chi connectivity index (χ0v) is 9.48. The Kier molecular flexibility index (Phi) is 1.54. The molecule has 0 aromatic heterocycles. The first-order valence-corrected chi connectivity index (χ1v) is 6.22. The zero-order valence-electron chi connectivity index (χ0n) is 9.48. The van der Waals surface area contributed by atoms with E-state index in [1.54, 1.807) is 0 Å². The summed E-state index contributed by atoms with van der Waals surface area (Å²) < 4.78 is 0.